The van der Waals surface area contributed by atoms with Gasteiger partial charge in [-0.2, -0.15) is 8.78 Å². The minimum atomic E-state index is -2.93. The van der Waals surface area contributed by atoms with E-state index in [9.17, 15) is 13.9 Å². The number of para-hydroxylation sites is 1. The molecule has 5 heterocycles. The van der Waals surface area contributed by atoms with Crippen molar-refractivity contribution < 1.29 is 23.4 Å². The number of hydrogen-bond donors (Lipinski definition) is 1. The van der Waals surface area contributed by atoms with E-state index in [0.29, 0.717) is 35.3 Å². The molecule has 0 saturated carbocycles. The summed E-state index contributed by atoms with van der Waals surface area (Å²) in [6.07, 6.45) is 6.39. The van der Waals surface area contributed by atoms with Crippen molar-refractivity contribution in [3.05, 3.63) is 71.9 Å². The van der Waals surface area contributed by atoms with E-state index in [1.54, 1.807) is 18.2 Å². The van der Waals surface area contributed by atoms with E-state index in [1.807, 2.05) is 35.1 Å². The molecule has 2 saturated heterocycles. The van der Waals surface area contributed by atoms with Crippen molar-refractivity contribution >= 4 is 11.6 Å². The molecule has 184 valence electrons. The third-order valence-corrected chi connectivity index (χ3v) is 7.43. The van der Waals surface area contributed by atoms with Crippen molar-refractivity contribution in [3.63, 3.8) is 0 Å². The predicted octanol–water partition coefficient (Wildman–Crippen LogP) is 3.94. The monoisotopic (exact) mass is 491 g/mol. The summed E-state index contributed by atoms with van der Waals surface area (Å²) in [7, 11) is 0. The number of fused-ring (bicyclic) bond motifs is 5. The summed E-state index contributed by atoms with van der Waals surface area (Å²) in [5.74, 6) is 0.466. The van der Waals surface area contributed by atoms with Gasteiger partial charge in [0, 0.05) is 47.7 Å². The molecule has 0 radical (unpaired) electrons. The first kappa shape index (κ1) is 21.6. The van der Waals surface area contributed by atoms with Gasteiger partial charge in [0.05, 0.1) is 36.2 Å². The summed E-state index contributed by atoms with van der Waals surface area (Å²) < 4.78 is 38.5. The number of benzene rings is 1. The fourth-order valence-corrected chi connectivity index (χ4v) is 5.80. The molecule has 36 heavy (non-hydrogen) atoms. The molecule has 1 N–H and O–H groups in total. The number of aliphatic hydroxyl groups is 1. The molecule has 3 aromatic heterocycles. The maximum atomic E-state index is 13.1. The molecule has 0 spiro atoms. The summed E-state index contributed by atoms with van der Waals surface area (Å²) >= 11 is 0. The summed E-state index contributed by atoms with van der Waals surface area (Å²) in [4.78, 5) is 16.1. The van der Waals surface area contributed by atoms with Gasteiger partial charge in [-0.05, 0) is 31.0 Å². The highest BCUT2D eigenvalue weighted by Crippen LogP contribution is 2.47. The van der Waals surface area contributed by atoms with Gasteiger partial charge in [0.1, 0.15) is 11.4 Å². The van der Waals surface area contributed by atoms with Crippen molar-refractivity contribution in [1.29, 1.82) is 0 Å². The molecule has 8 nitrogen and oxygen atoms in total. The van der Waals surface area contributed by atoms with Crippen LogP contribution in [0.3, 0.4) is 0 Å². The summed E-state index contributed by atoms with van der Waals surface area (Å²) in [5.41, 5.74) is 4.33. The van der Waals surface area contributed by atoms with Gasteiger partial charge in [-0.15, -0.1) is 0 Å². The van der Waals surface area contributed by atoms with E-state index in [-0.39, 0.29) is 17.8 Å². The molecule has 2 aliphatic heterocycles. The van der Waals surface area contributed by atoms with Gasteiger partial charge in [0.2, 0.25) is 5.95 Å². The highest BCUT2D eigenvalue weighted by Gasteiger charge is 2.40. The second-order valence-corrected chi connectivity index (χ2v) is 9.52. The number of aliphatic hydroxyl groups excluding tert-OH is 1. The van der Waals surface area contributed by atoms with Crippen LogP contribution in [0.2, 0.25) is 0 Å². The number of rotatable bonds is 5. The summed E-state index contributed by atoms with van der Waals surface area (Å²) in [5, 5.41) is 10.8. The Bertz CT molecular complexity index is 1440. The molecule has 0 amide bonds. The second kappa shape index (κ2) is 8.21. The lowest BCUT2D eigenvalue weighted by atomic mass is 9.95. The van der Waals surface area contributed by atoms with Gasteiger partial charge in [0.25, 0.3) is 0 Å². The number of pyridine rings is 1. The Kier molecular flexibility index (Phi) is 4.93. The standard InChI is InChI=1S/C26H23F2N5O3/c27-25(28)36-21-4-2-1-3-18(21)19-8-20(34)23-24(19)33-11-14(5-6-22(33)31-23)15-9-29-26(30-10-15)32-12-17-7-16(32)13-35-17/h1-6,9-11,16-17,19-20,25,34H,7-8,12-13H2. The molecule has 1 aliphatic carbocycles. The average Bonchev–Trinajstić information content (AvgIpc) is 3.66. The molecule has 7 rings (SSSR count). The Morgan fingerprint density at radius 3 is 2.64 bits per heavy atom. The van der Waals surface area contributed by atoms with Crippen LogP contribution in [0.15, 0.2) is 55.0 Å². The zero-order valence-electron chi connectivity index (χ0n) is 19.2. The van der Waals surface area contributed by atoms with Crippen LogP contribution in [0, 0.1) is 0 Å². The number of aromatic nitrogens is 4. The number of morpholine rings is 1. The molecule has 2 bridgehead atoms. The van der Waals surface area contributed by atoms with Crippen LogP contribution in [0.4, 0.5) is 14.7 Å². The van der Waals surface area contributed by atoms with Crippen LogP contribution in [-0.2, 0) is 4.74 Å². The number of anilines is 1. The van der Waals surface area contributed by atoms with Crippen LogP contribution in [-0.4, -0.2) is 56.4 Å². The Balaban J connectivity index is 1.26. The first-order valence-electron chi connectivity index (χ1n) is 12.0. The van der Waals surface area contributed by atoms with E-state index >= 15 is 0 Å². The Morgan fingerprint density at radius 1 is 1.06 bits per heavy atom. The third kappa shape index (κ3) is 3.43. The van der Waals surface area contributed by atoms with E-state index in [2.05, 4.69) is 19.9 Å². The third-order valence-electron chi connectivity index (χ3n) is 7.43. The number of halogens is 2. The molecule has 1 aromatic carbocycles. The Hall–Kier alpha value is -3.63. The number of alkyl halides is 2. The minimum absolute atomic E-state index is 0.105. The van der Waals surface area contributed by atoms with Gasteiger partial charge >= 0.3 is 6.61 Å². The fraction of sp³-hybridized carbons (Fsp3) is 0.346. The number of imidazole rings is 1. The molecular weight excluding hydrogens is 468 g/mol. The average molecular weight is 491 g/mol. The van der Waals surface area contributed by atoms with Gasteiger partial charge in [-0.1, -0.05) is 18.2 Å². The predicted molar refractivity (Wildman–Crippen MR) is 126 cm³/mol. The van der Waals surface area contributed by atoms with Gasteiger partial charge in [-0.25, -0.2) is 15.0 Å². The van der Waals surface area contributed by atoms with Crippen LogP contribution in [0.5, 0.6) is 5.75 Å². The molecule has 4 aromatic rings. The molecular formula is C26H23F2N5O3. The van der Waals surface area contributed by atoms with E-state index in [1.165, 1.54) is 6.07 Å². The Morgan fingerprint density at radius 2 is 1.89 bits per heavy atom. The SMILES string of the molecule is OC1CC(c2ccccc2OC(F)F)c2c1nc1ccc(-c3cnc(N4CC5CC4CO5)nc3)cn21. The number of hydrogen-bond acceptors (Lipinski definition) is 7. The van der Waals surface area contributed by atoms with Crippen LogP contribution >= 0.6 is 0 Å². The minimum Gasteiger partial charge on any atom is -0.435 e. The van der Waals surface area contributed by atoms with Crippen molar-refractivity contribution in [2.24, 2.45) is 0 Å². The van der Waals surface area contributed by atoms with E-state index in [0.717, 1.165) is 36.4 Å². The lowest BCUT2D eigenvalue weighted by Gasteiger charge is -2.26. The highest BCUT2D eigenvalue weighted by molar-refractivity contribution is 5.65. The molecule has 4 unspecified atom stereocenters. The van der Waals surface area contributed by atoms with Gasteiger partial charge in [-0.3, -0.25) is 0 Å². The smallest absolute Gasteiger partial charge is 0.387 e. The molecule has 10 heteroatoms. The highest BCUT2D eigenvalue weighted by atomic mass is 19.3. The number of ether oxygens (including phenoxy) is 2. The normalized spacial score (nSPS) is 24.7. The fourth-order valence-electron chi connectivity index (χ4n) is 5.80. The van der Waals surface area contributed by atoms with Gasteiger partial charge < -0.3 is 23.9 Å². The Labute approximate surface area is 205 Å². The number of nitrogens with zero attached hydrogens (tertiary/aromatic N) is 5. The molecule has 2 fully saturated rings. The van der Waals surface area contributed by atoms with E-state index < -0.39 is 12.7 Å². The van der Waals surface area contributed by atoms with E-state index in [4.69, 9.17) is 9.47 Å². The zero-order chi connectivity index (χ0) is 24.4. The molecule has 4 atom stereocenters. The van der Waals surface area contributed by atoms with Crippen LogP contribution in [0.25, 0.3) is 16.8 Å². The largest absolute Gasteiger partial charge is 0.435 e. The first-order valence-corrected chi connectivity index (χ1v) is 12.0. The quantitative estimate of drug-likeness (QED) is 0.453. The van der Waals surface area contributed by atoms with Crippen molar-refractivity contribution in [2.45, 2.75) is 43.6 Å². The first-order chi connectivity index (χ1) is 17.5. The van der Waals surface area contributed by atoms with Crippen molar-refractivity contribution in [2.75, 3.05) is 18.1 Å². The van der Waals surface area contributed by atoms with Crippen molar-refractivity contribution in [1.82, 2.24) is 19.4 Å². The lowest BCUT2D eigenvalue weighted by molar-refractivity contribution is -0.0506. The maximum absolute atomic E-state index is 13.1. The maximum Gasteiger partial charge on any atom is 0.387 e. The van der Waals surface area contributed by atoms with Gasteiger partial charge in [0.15, 0.2) is 0 Å². The van der Waals surface area contributed by atoms with Crippen molar-refractivity contribution in [3.8, 4) is 16.9 Å². The van der Waals surface area contributed by atoms with Crippen LogP contribution in [0.1, 0.15) is 41.8 Å². The molecule has 3 aliphatic rings. The topological polar surface area (TPSA) is 85.0 Å². The second-order valence-electron chi connectivity index (χ2n) is 9.52. The lowest BCUT2D eigenvalue weighted by Crippen LogP contribution is -2.38. The van der Waals surface area contributed by atoms with Crippen LogP contribution < -0.4 is 9.64 Å². The summed E-state index contributed by atoms with van der Waals surface area (Å²) in [6.45, 7) is -1.40. The summed E-state index contributed by atoms with van der Waals surface area (Å²) in [6, 6.07) is 10.9. The zero-order valence-corrected chi connectivity index (χ0v) is 19.2.